The highest BCUT2D eigenvalue weighted by molar-refractivity contribution is 5.85. The molecule has 3 heteroatoms. The number of hydrogen-bond acceptors (Lipinski definition) is 1. The summed E-state index contributed by atoms with van der Waals surface area (Å²) in [4.78, 5) is 2.19. The van der Waals surface area contributed by atoms with Crippen LogP contribution in [0.2, 0.25) is 0 Å². The van der Waals surface area contributed by atoms with Crippen LogP contribution in [0.25, 0.3) is 12.2 Å². The molecule has 20 heavy (non-hydrogen) atoms. The molecular weight excluding hydrogens is 270 g/mol. The Hall–Kier alpha value is -1.61. The van der Waals surface area contributed by atoms with Crippen LogP contribution in [0.5, 0.6) is 0 Å². The molecule has 2 nitrogen and oxygen atoms in total. The first-order valence-electron chi connectivity index (χ1n) is 6.21. The van der Waals surface area contributed by atoms with E-state index in [1.165, 1.54) is 16.7 Å². The first-order valence-corrected chi connectivity index (χ1v) is 6.21. The van der Waals surface area contributed by atoms with Crippen LogP contribution >= 0.6 is 12.4 Å². The van der Waals surface area contributed by atoms with Crippen LogP contribution in [0.1, 0.15) is 16.7 Å². The fourth-order valence-corrected chi connectivity index (χ4v) is 1.93. The maximum absolute atomic E-state index is 2.19. The van der Waals surface area contributed by atoms with E-state index in [0.29, 0.717) is 0 Å². The molecule has 0 bridgehead atoms. The Bertz CT molecular complexity index is 524. The number of halogens is 1. The van der Waals surface area contributed by atoms with Crippen molar-refractivity contribution < 1.29 is 5.48 Å². The predicted octanol–water partition coefficient (Wildman–Crippen LogP) is 3.52. The number of hydrogen-bond donors (Lipinski definition) is 0. The van der Waals surface area contributed by atoms with Gasteiger partial charge < -0.3 is 10.4 Å². The molecule has 2 rings (SSSR count). The topological polar surface area (TPSA) is 34.7 Å². The monoisotopic (exact) mass is 291 g/mol. The molecule has 0 aromatic heterocycles. The molecule has 0 spiro atoms. The minimum atomic E-state index is 0. The van der Waals surface area contributed by atoms with Gasteiger partial charge in [-0.3, -0.25) is 0 Å². The van der Waals surface area contributed by atoms with Crippen LogP contribution in [-0.4, -0.2) is 24.5 Å². The summed E-state index contributed by atoms with van der Waals surface area (Å²) >= 11 is 0. The summed E-state index contributed by atoms with van der Waals surface area (Å²) in [5.74, 6) is 0. The summed E-state index contributed by atoms with van der Waals surface area (Å²) in [7, 11) is 4.19. The maximum atomic E-state index is 2.19. The van der Waals surface area contributed by atoms with Crippen molar-refractivity contribution in [3.63, 3.8) is 0 Å². The molecular formula is C17H22ClNO. The van der Waals surface area contributed by atoms with E-state index in [9.17, 15) is 0 Å². The Morgan fingerprint density at radius 1 is 0.850 bits per heavy atom. The lowest BCUT2D eigenvalue weighted by atomic mass is 10.1. The third-order valence-electron chi connectivity index (χ3n) is 2.80. The van der Waals surface area contributed by atoms with Crippen LogP contribution in [0.3, 0.4) is 0 Å². The SMILES string of the molecule is CN(C)Cc1ccccc1C=Cc1ccccc1.Cl.O. The molecule has 0 atom stereocenters. The second-order valence-corrected chi connectivity index (χ2v) is 4.68. The molecule has 0 fully saturated rings. The number of benzene rings is 2. The Kier molecular flexibility index (Phi) is 8.57. The van der Waals surface area contributed by atoms with Gasteiger partial charge in [0.25, 0.3) is 0 Å². The van der Waals surface area contributed by atoms with E-state index >= 15 is 0 Å². The van der Waals surface area contributed by atoms with E-state index in [0.717, 1.165) is 6.54 Å². The quantitative estimate of drug-likeness (QED) is 0.794. The van der Waals surface area contributed by atoms with Crippen molar-refractivity contribution in [3.05, 3.63) is 71.3 Å². The van der Waals surface area contributed by atoms with Gasteiger partial charge in [-0.25, -0.2) is 0 Å². The summed E-state index contributed by atoms with van der Waals surface area (Å²) in [6.45, 7) is 0.968. The Labute approximate surface area is 127 Å². The zero-order valence-corrected chi connectivity index (χ0v) is 12.7. The normalized spacial score (nSPS) is 10.2. The van der Waals surface area contributed by atoms with Crippen molar-refractivity contribution in [2.75, 3.05) is 14.1 Å². The summed E-state index contributed by atoms with van der Waals surface area (Å²) < 4.78 is 0. The van der Waals surface area contributed by atoms with E-state index in [2.05, 4.69) is 79.7 Å². The fourth-order valence-electron chi connectivity index (χ4n) is 1.93. The second-order valence-electron chi connectivity index (χ2n) is 4.68. The van der Waals surface area contributed by atoms with E-state index in [1.807, 2.05) is 6.07 Å². The van der Waals surface area contributed by atoms with Gasteiger partial charge in [-0.1, -0.05) is 66.7 Å². The minimum Gasteiger partial charge on any atom is -0.412 e. The van der Waals surface area contributed by atoms with Crippen LogP contribution in [0, 0.1) is 0 Å². The van der Waals surface area contributed by atoms with Crippen molar-refractivity contribution in [2.45, 2.75) is 6.54 Å². The van der Waals surface area contributed by atoms with Crippen LogP contribution < -0.4 is 0 Å². The van der Waals surface area contributed by atoms with Gasteiger partial charge in [0.05, 0.1) is 0 Å². The van der Waals surface area contributed by atoms with Gasteiger partial charge in [-0.2, -0.15) is 0 Å². The lowest BCUT2D eigenvalue weighted by Crippen LogP contribution is -2.11. The average molecular weight is 292 g/mol. The van der Waals surface area contributed by atoms with E-state index in [-0.39, 0.29) is 17.9 Å². The zero-order valence-electron chi connectivity index (χ0n) is 11.9. The van der Waals surface area contributed by atoms with Gasteiger partial charge in [-0.05, 0) is 30.8 Å². The second kappa shape index (κ2) is 9.32. The highest BCUT2D eigenvalue weighted by Gasteiger charge is 1.99. The number of rotatable bonds is 4. The first-order chi connectivity index (χ1) is 8.75. The molecule has 0 aliphatic carbocycles. The highest BCUT2D eigenvalue weighted by Crippen LogP contribution is 2.14. The molecule has 0 unspecified atom stereocenters. The molecule has 0 aliphatic rings. The smallest absolute Gasteiger partial charge is 0.0233 e. The van der Waals surface area contributed by atoms with Gasteiger partial charge in [0.2, 0.25) is 0 Å². The summed E-state index contributed by atoms with van der Waals surface area (Å²) in [5.41, 5.74) is 3.88. The molecule has 0 radical (unpaired) electrons. The van der Waals surface area contributed by atoms with E-state index in [4.69, 9.17) is 0 Å². The zero-order chi connectivity index (χ0) is 12.8. The molecule has 0 aliphatic heterocycles. The summed E-state index contributed by atoms with van der Waals surface area (Å²) in [6, 6.07) is 18.9. The van der Waals surface area contributed by atoms with Crippen molar-refractivity contribution in [2.24, 2.45) is 0 Å². The third-order valence-corrected chi connectivity index (χ3v) is 2.80. The number of nitrogens with zero attached hydrogens (tertiary/aromatic N) is 1. The van der Waals surface area contributed by atoms with Gasteiger partial charge in [0.15, 0.2) is 0 Å². The van der Waals surface area contributed by atoms with Crippen molar-refractivity contribution in [3.8, 4) is 0 Å². The van der Waals surface area contributed by atoms with Crippen molar-refractivity contribution >= 4 is 24.6 Å². The molecule has 0 saturated carbocycles. The highest BCUT2D eigenvalue weighted by atomic mass is 35.5. The van der Waals surface area contributed by atoms with E-state index < -0.39 is 0 Å². The fraction of sp³-hybridized carbons (Fsp3) is 0.176. The molecule has 108 valence electrons. The lowest BCUT2D eigenvalue weighted by Gasteiger charge is -2.12. The Morgan fingerprint density at radius 3 is 2.10 bits per heavy atom. The molecule has 0 amide bonds. The van der Waals surface area contributed by atoms with Crippen molar-refractivity contribution in [1.29, 1.82) is 0 Å². The van der Waals surface area contributed by atoms with Crippen LogP contribution in [0.15, 0.2) is 54.6 Å². The Morgan fingerprint density at radius 2 is 1.45 bits per heavy atom. The van der Waals surface area contributed by atoms with Gasteiger partial charge in [-0.15, -0.1) is 12.4 Å². The minimum absolute atomic E-state index is 0. The average Bonchev–Trinajstić information content (AvgIpc) is 2.38. The summed E-state index contributed by atoms with van der Waals surface area (Å²) in [6.07, 6.45) is 4.35. The first kappa shape index (κ1) is 18.4. The molecule has 2 aromatic carbocycles. The Balaban J connectivity index is 0.00000180. The van der Waals surface area contributed by atoms with Gasteiger partial charge in [0.1, 0.15) is 0 Å². The molecule has 0 saturated heterocycles. The van der Waals surface area contributed by atoms with Gasteiger partial charge in [0, 0.05) is 6.54 Å². The third kappa shape index (κ3) is 5.57. The standard InChI is InChI=1S/C17H19N.ClH.H2O/c1-18(2)14-17-11-7-6-10-16(17)13-12-15-8-4-3-5-9-15;;/h3-13H,14H2,1-2H3;1H;1H2. The largest absolute Gasteiger partial charge is 0.412 e. The molecule has 2 aromatic rings. The molecule has 2 N–H and O–H groups in total. The molecule has 0 heterocycles. The summed E-state index contributed by atoms with van der Waals surface area (Å²) in [5, 5.41) is 0. The van der Waals surface area contributed by atoms with Crippen LogP contribution in [0.4, 0.5) is 0 Å². The van der Waals surface area contributed by atoms with Crippen molar-refractivity contribution in [1.82, 2.24) is 4.90 Å². The van der Waals surface area contributed by atoms with Gasteiger partial charge >= 0.3 is 0 Å². The predicted molar refractivity (Wildman–Crippen MR) is 90.1 cm³/mol. The van der Waals surface area contributed by atoms with E-state index in [1.54, 1.807) is 0 Å². The maximum Gasteiger partial charge on any atom is 0.0233 e. The van der Waals surface area contributed by atoms with Crippen LogP contribution in [-0.2, 0) is 6.54 Å². The lowest BCUT2D eigenvalue weighted by molar-refractivity contribution is 0.402.